The third-order valence-electron chi connectivity index (χ3n) is 0.786. The Hall–Kier alpha value is 1.59. The molecule has 1 atom stereocenters. The third-order valence-corrected chi connectivity index (χ3v) is 3.36. The number of hydrogen-bond donors (Lipinski definition) is 0. The van der Waals surface area contributed by atoms with Gasteiger partial charge < -0.3 is 8.23 Å². The van der Waals surface area contributed by atoms with E-state index in [1.54, 1.807) is 0 Å². The Morgan fingerprint density at radius 3 is 2.07 bits per heavy atom. The van der Waals surface area contributed by atoms with Crippen LogP contribution in [0.15, 0.2) is 0 Å². The molecule has 0 bridgehead atoms. The fourth-order valence-electron chi connectivity index (χ4n) is 0.336. The maximum absolute atomic E-state index is 10.3. The molecule has 0 N–H and O–H groups in total. The van der Waals surface area contributed by atoms with E-state index in [2.05, 4.69) is 9.05 Å². The molecule has 0 spiro atoms. The van der Waals surface area contributed by atoms with Gasteiger partial charge in [0.25, 0.3) is 10.0 Å². The predicted molar refractivity (Wildman–Crippen MR) is 67.2 cm³/mol. The molecule has 1 unspecified atom stereocenters. The minimum atomic E-state index is -1.83. The second kappa shape index (κ2) is 20.1. The molecule has 0 aliphatic carbocycles. The molecule has 0 saturated heterocycles. The molecule has 0 heterocycles. The van der Waals surface area contributed by atoms with E-state index in [1.165, 1.54) is 7.11 Å². The van der Waals surface area contributed by atoms with Gasteiger partial charge in [-0.15, -0.1) is 9.05 Å². The monoisotopic (exact) mass is 284 g/mol. The predicted octanol–water partition coefficient (Wildman–Crippen LogP) is -2.08. The van der Waals surface area contributed by atoms with E-state index in [1.807, 2.05) is 6.92 Å². The molecule has 10 heteroatoms. The fourth-order valence-corrected chi connectivity index (χ4v) is 3.84. The first-order chi connectivity index (χ1) is 6.22. The Bertz CT molecular complexity index is 119. The topological polar surface area (TPSA) is 54.0 Å². The molecule has 81 valence electrons. The summed E-state index contributed by atoms with van der Waals surface area (Å²) >= 11 is 0. The van der Waals surface area contributed by atoms with Gasteiger partial charge in [0.05, 0.1) is 7.11 Å². The first-order valence-electron chi connectivity index (χ1n) is 3.85. The summed E-state index contributed by atoms with van der Waals surface area (Å²) in [6, 6.07) is 0. The van der Waals surface area contributed by atoms with Crippen molar-refractivity contribution in [3.05, 3.63) is 0 Å². The van der Waals surface area contributed by atoms with Gasteiger partial charge in [-0.25, -0.2) is 0 Å². The summed E-state index contributed by atoms with van der Waals surface area (Å²) in [5.41, 5.74) is 0. The zero-order chi connectivity index (χ0) is 10.5. The van der Waals surface area contributed by atoms with Crippen LogP contribution in [-0.2, 0) is 21.8 Å². The molecular formula is C4H18NaO5PSi3+. The molecule has 0 saturated carbocycles. The van der Waals surface area contributed by atoms with Gasteiger partial charge in [-0.1, -0.05) is 6.92 Å². The van der Waals surface area contributed by atoms with E-state index >= 15 is 0 Å². The first-order valence-corrected chi connectivity index (χ1v) is 7.73. The molecule has 14 heavy (non-hydrogen) atoms. The van der Waals surface area contributed by atoms with Crippen LogP contribution in [0.1, 0.15) is 13.3 Å². The summed E-state index contributed by atoms with van der Waals surface area (Å²) in [6.45, 7) is 2.45. The molecular weight excluding hydrogens is 266 g/mol. The smallest absolute Gasteiger partial charge is 0.449 e. The van der Waals surface area contributed by atoms with Gasteiger partial charge in [-0.05, 0) is 6.42 Å². The molecule has 0 rings (SSSR count). The van der Waals surface area contributed by atoms with E-state index in [0.717, 1.165) is 27.4 Å². The summed E-state index contributed by atoms with van der Waals surface area (Å²) in [4.78, 5) is 0. The largest absolute Gasteiger partial charge is 0.697 e. The molecule has 5 nitrogen and oxygen atoms in total. The van der Waals surface area contributed by atoms with Crippen LogP contribution in [0.4, 0.5) is 0 Å². The van der Waals surface area contributed by atoms with E-state index in [4.69, 9.17) is 8.23 Å². The van der Waals surface area contributed by atoms with Crippen LogP contribution in [0, 0.1) is 0 Å². The van der Waals surface area contributed by atoms with E-state index in [-0.39, 0.29) is 29.6 Å². The summed E-state index contributed by atoms with van der Waals surface area (Å²) in [7, 11) is 0.792. The van der Waals surface area contributed by atoms with Crippen molar-refractivity contribution in [1.82, 2.24) is 0 Å². The van der Waals surface area contributed by atoms with Crippen LogP contribution >= 0.6 is 8.25 Å². The van der Waals surface area contributed by atoms with Gasteiger partial charge in [0, 0.05) is 34.1 Å². The Labute approximate surface area is 117 Å². The van der Waals surface area contributed by atoms with E-state index in [9.17, 15) is 4.57 Å². The molecule has 1 radical (unpaired) electrons. The molecule has 0 aromatic rings. The van der Waals surface area contributed by atoms with Crippen molar-refractivity contribution in [2.75, 3.05) is 13.7 Å². The van der Waals surface area contributed by atoms with Crippen LogP contribution in [0.3, 0.4) is 0 Å². The van der Waals surface area contributed by atoms with Crippen LogP contribution in [0.2, 0.25) is 0 Å². The second-order valence-electron chi connectivity index (χ2n) is 1.93. The molecule has 0 fully saturated rings. The molecule has 0 aliphatic heterocycles. The van der Waals surface area contributed by atoms with Gasteiger partial charge in [-0.3, -0.25) is 0 Å². The van der Waals surface area contributed by atoms with E-state index in [0.29, 0.717) is 6.61 Å². The maximum atomic E-state index is 10.3. The minimum absolute atomic E-state index is 0. The zero-order valence-corrected chi connectivity index (χ0v) is 17.9. The SMILES string of the molecule is CCCO[P+](=O)OC.[Na].[SiH3]O[SiH2]O[SiH3]. The molecule has 0 aromatic carbocycles. The standard InChI is InChI=1S/C4H10O3P.Na.H8O2Si3/c1-3-4-7-8(5)6-2;;3-1-5-2-4/h3-4H2,1-2H3;;5H2,3-4H3/q+1;;. The Morgan fingerprint density at radius 2 is 1.86 bits per heavy atom. The minimum Gasteiger partial charge on any atom is -0.449 e. The summed E-state index contributed by atoms with van der Waals surface area (Å²) in [5, 5.41) is 0. The van der Waals surface area contributed by atoms with Crippen molar-refractivity contribution in [3.63, 3.8) is 0 Å². The van der Waals surface area contributed by atoms with Crippen LogP contribution < -0.4 is 0 Å². The summed E-state index contributed by atoms with van der Waals surface area (Å²) < 4.78 is 28.8. The van der Waals surface area contributed by atoms with Crippen molar-refractivity contribution in [3.8, 4) is 0 Å². The van der Waals surface area contributed by atoms with Crippen molar-refractivity contribution >= 4 is 68.8 Å². The van der Waals surface area contributed by atoms with Crippen molar-refractivity contribution in [2.45, 2.75) is 13.3 Å². The average molecular weight is 284 g/mol. The molecule has 0 aromatic heterocycles. The Morgan fingerprint density at radius 1 is 1.36 bits per heavy atom. The normalized spacial score (nSPS) is 10.9. The van der Waals surface area contributed by atoms with E-state index < -0.39 is 18.3 Å². The fraction of sp³-hybridized carbons (Fsp3) is 1.00. The van der Waals surface area contributed by atoms with Crippen molar-refractivity contribution in [1.29, 1.82) is 0 Å². The molecule has 0 amide bonds. The van der Waals surface area contributed by atoms with Crippen LogP contribution in [-0.4, -0.2) is 74.3 Å². The zero-order valence-electron chi connectivity index (χ0n) is 9.61. The third kappa shape index (κ3) is 23.4. The maximum Gasteiger partial charge on any atom is 0.697 e. The van der Waals surface area contributed by atoms with Crippen molar-refractivity contribution in [2.24, 2.45) is 0 Å². The molecule has 0 aliphatic rings. The average Bonchev–Trinajstić information content (AvgIpc) is 2.16. The number of rotatable bonds is 6. The number of hydrogen-bond acceptors (Lipinski definition) is 5. The summed E-state index contributed by atoms with van der Waals surface area (Å²) in [6.07, 6.45) is 0.866. The van der Waals surface area contributed by atoms with Crippen molar-refractivity contribution < 1.29 is 21.8 Å². The van der Waals surface area contributed by atoms with Crippen LogP contribution in [0.5, 0.6) is 0 Å². The quantitative estimate of drug-likeness (QED) is 0.414. The second-order valence-corrected chi connectivity index (χ2v) is 7.86. The van der Waals surface area contributed by atoms with Gasteiger partial charge in [0.1, 0.15) is 27.6 Å². The van der Waals surface area contributed by atoms with Gasteiger partial charge in [0.15, 0.2) is 0 Å². The van der Waals surface area contributed by atoms with Gasteiger partial charge in [0.2, 0.25) is 0 Å². The Kier molecular flexibility index (Phi) is 30.0. The van der Waals surface area contributed by atoms with Gasteiger partial charge in [-0.2, -0.15) is 0 Å². The first kappa shape index (κ1) is 20.9. The van der Waals surface area contributed by atoms with Gasteiger partial charge >= 0.3 is 8.25 Å². The Balaban J connectivity index is -0.000000177. The summed E-state index contributed by atoms with van der Waals surface area (Å²) in [5.74, 6) is 0. The van der Waals surface area contributed by atoms with Crippen LogP contribution in [0.25, 0.3) is 0 Å².